The lowest BCUT2D eigenvalue weighted by molar-refractivity contribution is 0.152. The molecule has 0 aromatic rings. The molecule has 0 amide bonds. The molecule has 0 unspecified atom stereocenters. The molecular weight excluding hydrogens is 186 g/mol. The highest BCUT2D eigenvalue weighted by Crippen LogP contribution is 2.01. The van der Waals surface area contributed by atoms with Gasteiger partial charge >= 0.3 is 0 Å². The van der Waals surface area contributed by atoms with Crippen molar-refractivity contribution in [3.8, 4) is 0 Å². The summed E-state index contributed by atoms with van der Waals surface area (Å²) in [5, 5.41) is 0. The first-order valence-electron chi connectivity index (χ1n) is 5.74. The van der Waals surface area contributed by atoms with Crippen molar-refractivity contribution >= 4 is 0 Å². The smallest absolute Gasteiger partial charge is 0.0650 e. The van der Waals surface area contributed by atoms with E-state index in [1.807, 2.05) is 0 Å². The number of hydrogen-bond acceptors (Lipinski definition) is 2. The lowest BCUT2D eigenvalue weighted by Crippen LogP contribution is -2.14. The van der Waals surface area contributed by atoms with Crippen LogP contribution in [0.3, 0.4) is 0 Å². The second-order valence-corrected chi connectivity index (χ2v) is 3.85. The van der Waals surface area contributed by atoms with Crippen LogP contribution in [0, 0.1) is 0 Å². The molecule has 0 heterocycles. The molecule has 0 saturated heterocycles. The van der Waals surface area contributed by atoms with Crippen LogP contribution in [0.1, 0.15) is 26.7 Å². The first-order chi connectivity index (χ1) is 7.20. The lowest BCUT2D eigenvalue weighted by atomic mass is 10.2. The third-order valence-corrected chi connectivity index (χ3v) is 2.22. The van der Waals surface area contributed by atoms with Gasteiger partial charge in [-0.1, -0.05) is 30.7 Å². The van der Waals surface area contributed by atoms with E-state index in [1.54, 1.807) is 0 Å². The van der Waals surface area contributed by atoms with E-state index in [9.17, 15) is 0 Å². The fraction of sp³-hybridized carbons (Fsp3) is 0.692. The minimum Gasteiger partial charge on any atom is -0.377 e. The van der Waals surface area contributed by atoms with Gasteiger partial charge in [0, 0.05) is 6.61 Å². The molecule has 15 heavy (non-hydrogen) atoms. The Morgan fingerprint density at radius 2 is 2.07 bits per heavy atom. The van der Waals surface area contributed by atoms with Gasteiger partial charge < -0.3 is 9.64 Å². The molecular formula is C13H25NO. The van der Waals surface area contributed by atoms with E-state index >= 15 is 0 Å². The number of rotatable bonds is 8. The van der Waals surface area contributed by atoms with Crippen LogP contribution in [0.5, 0.6) is 0 Å². The van der Waals surface area contributed by atoms with Crippen LogP contribution in [0.2, 0.25) is 0 Å². The fourth-order valence-electron chi connectivity index (χ4n) is 1.25. The van der Waals surface area contributed by atoms with Gasteiger partial charge in [0.15, 0.2) is 0 Å². The summed E-state index contributed by atoms with van der Waals surface area (Å²) in [6.07, 6.45) is 8.57. The van der Waals surface area contributed by atoms with Crippen molar-refractivity contribution in [3.63, 3.8) is 0 Å². The van der Waals surface area contributed by atoms with Gasteiger partial charge in [-0.25, -0.2) is 0 Å². The van der Waals surface area contributed by atoms with Crippen LogP contribution in [-0.2, 0) is 4.74 Å². The highest BCUT2D eigenvalue weighted by molar-refractivity contribution is 5.16. The number of hydrogen-bond donors (Lipinski definition) is 0. The fourth-order valence-corrected chi connectivity index (χ4v) is 1.25. The zero-order valence-electron chi connectivity index (χ0n) is 10.6. The molecule has 0 fully saturated rings. The van der Waals surface area contributed by atoms with Crippen LogP contribution < -0.4 is 0 Å². The molecule has 2 heteroatoms. The Balaban J connectivity index is 3.38. The molecule has 0 aromatic carbocycles. The SMILES string of the molecule is C/C=C(\C=C/COCCCN(C)C)CC. The van der Waals surface area contributed by atoms with Crippen molar-refractivity contribution in [2.45, 2.75) is 26.7 Å². The quantitative estimate of drug-likeness (QED) is 0.452. The van der Waals surface area contributed by atoms with Crippen molar-refractivity contribution in [1.29, 1.82) is 0 Å². The van der Waals surface area contributed by atoms with E-state index in [4.69, 9.17) is 4.74 Å². The molecule has 0 atom stereocenters. The van der Waals surface area contributed by atoms with Crippen LogP contribution in [0.4, 0.5) is 0 Å². The zero-order chi connectivity index (χ0) is 11.5. The highest BCUT2D eigenvalue weighted by atomic mass is 16.5. The van der Waals surface area contributed by atoms with Crippen LogP contribution in [0.15, 0.2) is 23.8 Å². The van der Waals surface area contributed by atoms with E-state index in [1.165, 1.54) is 5.57 Å². The summed E-state index contributed by atoms with van der Waals surface area (Å²) in [4.78, 5) is 2.17. The van der Waals surface area contributed by atoms with E-state index in [0.29, 0.717) is 0 Å². The van der Waals surface area contributed by atoms with Gasteiger partial charge in [0.1, 0.15) is 0 Å². The molecule has 2 nitrogen and oxygen atoms in total. The maximum absolute atomic E-state index is 5.48. The molecule has 0 radical (unpaired) electrons. The first-order valence-corrected chi connectivity index (χ1v) is 5.74. The topological polar surface area (TPSA) is 12.5 Å². The highest BCUT2D eigenvalue weighted by Gasteiger charge is 1.90. The molecule has 0 aliphatic carbocycles. The van der Waals surface area contributed by atoms with Gasteiger partial charge in [-0.05, 0) is 40.4 Å². The monoisotopic (exact) mass is 211 g/mol. The molecule has 0 spiro atoms. The zero-order valence-corrected chi connectivity index (χ0v) is 10.6. The van der Waals surface area contributed by atoms with Gasteiger partial charge in [0.2, 0.25) is 0 Å². The Bertz CT molecular complexity index is 195. The number of ether oxygens (including phenoxy) is 1. The average Bonchev–Trinajstić information content (AvgIpc) is 2.22. The second kappa shape index (κ2) is 9.94. The summed E-state index contributed by atoms with van der Waals surface area (Å²) in [6, 6.07) is 0. The van der Waals surface area contributed by atoms with E-state index in [2.05, 4.69) is 51.1 Å². The van der Waals surface area contributed by atoms with Gasteiger partial charge in [0.25, 0.3) is 0 Å². The second-order valence-electron chi connectivity index (χ2n) is 3.85. The maximum atomic E-state index is 5.48. The predicted molar refractivity (Wildman–Crippen MR) is 67.2 cm³/mol. The standard InChI is InChI=1S/C13H25NO/c1-5-13(6-2)9-7-11-15-12-8-10-14(3)4/h5,7,9H,6,8,10-12H2,1-4H3/b9-7-,13-5-. The summed E-state index contributed by atoms with van der Waals surface area (Å²) in [7, 11) is 4.17. The lowest BCUT2D eigenvalue weighted by Gasteiger charge is -2.08. The van der Waals surface area contributed by atoms with Gasteiger partial charge in [-0.15, -0.1) is 0 Å². The summed E-state index contributed by atoms with van der Waals surface area (Å²) >= 11 is 0. The molecule has 0 aliphatic heterocycles. The molecule has 0 saturated carbocycles. The average molecular weight is 211 g/mol. The third kappa shape index (κ3) is 9.70. The Morgan fingerprint density at radius 1 is 1.33 bits per heavy atom. The number of allylic oxidation sites excluding steroid dienone is 3. The number of nitrogens with zero attached hydrogens (tertiary/aromatic N) is 1. The molecule has 0 N–H and O–H groups in total. The van der Waals surface area contributed by atoms with E-state index in [-0.39, 0.29) is 0 Å². The Labute approximate surface area is 94.6 Å². The minimum absolute atomic E-state index is 0.727. The van der Waals surface area contributed by atoms with Crippen molar-refractivity contribution < 1.29 is 4.74 Å². The minimum atomic E-state index is 0.727. The summed E-state index contributed by atoms with van der Waals surface area (Å²) in [6.45, 7) is 6.90. The van der Waals surface area contributed by atoms with Gasteiger partial charge in [-0.3, -0.25) is 0 Å². The normalized spacial score (nSPS) is 13.0. The van der Waals surface area contributed by atoms with Gasteiger partial charge in [-0.2, -0.15) is 0 Å². The molecule has 0 bridgehead atoms. The largest absolute Gasteiger partial charge is 0.377 e. The van der Waals surface area contributed by atoms with E-state index in [0.717, 1.165) is 32.6 Å². The third-order valence-electron chi connectivity index (χ3n) is 2.22. The van der Waals surface area contributed by atoms with Crippen LogP contribution >= 0.6 is 0 Å². The van der Waals surface area contributed by atoms with Crippen molar-refractivity contribution in [2.24, 2.45) is 0 Å². The maximum Gasteiger partial charge on any atom is 0.0650 e. The van der Waals surface area contributed by atoms with Crippen molar-refractivity contribution in [2.75, 3.05) is 33.9 Å². The summed E-state index contributed by atoms with van der Waals surface area (Å²) in [5.74, 6) is 0. The molecule has 0 aromatic heterocycles. The summed E-state index contributed by atoms with van der Waals surface area (Å²) < 4.78 is 5.48. The Hall–Kier alpha value is -0.600. The molecule has 88 valence electrons. The molecule has 0 rings (SSSR count). The van der Waals surface area contributed by atoms with Crippen molar-refractivity contribution in [1.82, 2.24) is 4.90 Å². The van der Waals surface area contributed by atoms with E-state index < -0.39 is 0 Å². The first kappa shape index (κ1) is 14.4. The van der Waals surface area contributed by atoms with Gasteiger partial charge in [0.05, 0.1) is 6.61 Å². The van der Waals surface area contributed by atoms with Crippen molar-refractivity contribution in [3.05, 3.63) is 23.8 Å². The summed E-state index contributed by atoms with van der Waals surface area (Å²) in [5.41, 5.74) is 1.37. The Kier molecular flexibility index (Phi) is 9.54. The van der Waals surface area contributed by atoms with Crippen LogP contribution in [0.25, 0.3) is 0 Å². The predicted octanol–water partition coefficient (Wildman–Crippen LogP) is 2.87. The van der Waals surface area contributed by atoms with Crippen LogP contribution in [-0.4, -0.2) is 38.8 Å². The molecule has 0 aliphatic rings. The Morgan fingerprint density at radius 3 is 2.60 bits per heavy atom.